The van der Waals surface area contributed by atoms with E-state index in [1.54, 1.807) is 24.3 Å². The molecule has 0 saturated heterocycles. The van der Waals surface area contributed by atoms with E-state index in [-0.39, 0.29) is 24.0 Å². The van der Waals surface area contributed by atoms with Crippen molar-refractivity contribution >= 4 is 11.5 Å². The number of anilines is 1. The fraction of sp³-hybridized carbons (Fsp3) is 0.0833. The van der Waals surface area contributed by atoms with E-state index in [2.05, 4.69) is 4.98 Å². The molecule has 2 aromatic rings. The zero-order chi connectivity index (χ0) is 13.8. The van der Waals surface area contributed by atoms with Gasteiger partial charge in [0.25, 0.3) is 0 Å². The molecule has 1 heterocycles. The Labute approximate surface area is 108 Å². The molecule has 0 aliphatic rings. The number of nitrogens with two attached hydrogens (primary N) is 1. The van der Waals surface area contributed by atoms with E-state index >= 15 is 0 Å². The Morgan fingerprint density at radius 1 is 1.26 bits per heavy atom. The summed E-state index contributed by atoms with van der Waals surface area (Å²) in [5.74, 6) is 0.465. The summed E-state index contributed by atoms with van der Waals surface area (Å²) in [6, 6.07) is 9.32. The van der Waals surface area contributed by atoms with E-state index in [4.69, 9.17) is 15.6 Å². The highest BCUT2D eigenvalue weighted by Gasteiger charge is 2.13. The summed E-state index contributed by atoms with van der Waals surface area (Å²) in [5.41, 5.74) is 5.95. The molecular formula is C12H11N3O4. The topological polar surface area (TPSA) is 112 Å². The first kappa shape index (κ1) is 12.8. The zero-order valence-electron chi connectivity index (χ0n) is 9.81. The van der Waals surface area contributed by atoms with Crippen molar-refractivity contribution in [3.63, 3.8) is 0 Å². The second-order valence-electron chi connectivity index (χ2n) is 3.72. The Balaban J connectivity index is 2.18. The summed E-state index contributed by atoms with van der Waals surface area (Å²) in [4.78, 5) is 13.8. The van der Waals surface area contributed by atoms with Crippen LogP contribution in [0.5, 0.6) is 11.6 Å². The predicted molar refractivity (Wildman–Crippen MR) is 67.7 cm³/mol. The highest BCUT2D eigenvalue weighted by molar-refractivity contribution is 5.53. The number of aromatic nitrogens is 1. The van der Waals surface area contributed by atoms with Crippen LogP contribution in [0.25, 0.3) is 0 Å². The van der Waals surface area contributed by atoms with Gasteiger partial charge in [-0.05, 0) is 17.7 Å². The standard InChI is InChI=1S/C12H11N3O4/c13-12-10(15(17)18)5-6-11(14-12)19-9-3-1-8(7-16)2-4-9/h1-6,16H,7H2,(H2,13,14). The number of nitrogen functional groups attached to an aromatic ring is 1. The van der Waals surface area contributed by atoms with Crippen LogP contribution in [0.4, 0.5) is 11.5 Å². The van der Waals surface area contributed by atoms with Crippen molar-refractivity contribution in [1.29, 1.82) is 0 Å². The number of rotatable bonds is 4. The minimum absolute atomic E-state index is 0.0526. The number of aliphatic hydroxyl groups excluding tert-OH is 1. The van der Waals surface area contributed by atoms with E-state index < -0.39 is 4.92 Å². The average molecular weight is 261 g/mol. The number of ether oxygens (including phenoxy) is 1. The number of aliphatic hydroxyl groups is 1. The minimum atomic E-state index is -0.609. The molecule has 0 fully saturated rings. The minimum Gasteiger partial charge on any atom is -0.439 e. The summed E-state index contributed by atoms with van der Waals surface area (Å²) < 4.78 is 5.40. The summed E-state index contributed by atoms with van der Waals surface area (Å²) in [6.07, 6.45) is 0. The lowest BCUT2D eigenvalue weighted by Gasteiger charge is -2.06. The second kappa shape index (κ2) is 5.32. The lowest BCUT2D eigenvalue weighted by atomic mass is 10.2. The van der Waals surface area contributed by atoms with Crippen LogP contribution < -0.4 is 10.5 Å². The molecule has 0 aliphatic carbocycles. The lowest BCUT2D eigenvalue weighted by Crippen LogP contribution is -1.99. The molecule has 1 aromatic carbocycles. The van der Waals surface area contributed by atoms with Gasteiger partial charge in [-0.1, -0.05) is 12.1 Å². The molecule has 19 heavy (non-hydrogen) atoms. The predicted octanol–water partition coefficient (Wildman–Crippen LogP) is 1.86. The van der Waals surface area contributed by atoms with Crippen molar-refractivity contribution < 1.29 is 14.8 Å². The SMILES string of the molecule is Nc1nc(Oc2ccc(CO)cc2)ccc1[N+](=O)[O-]. The number of pyridine rings is 1. The highest BCUT2D eigenvalue weighted by Crippen LogP contribution is 2.25. The van der Waals surface area contributed by atoms with Gasteiger partial charge in [0, 0.05) is 12.1 Å². The molecule has 0 aliphatic heterocycles. The van der Waals surface area contributed by atoms with E-state index in [9.17, 15) is 10.1 Å². The highest BCUT2D eigenvalue weighted by atomic mass is 16.6. The van der Waals surface area contributed by atoms with Gasteiger partial charge in [-0.3, -0.25) is 10.1 Å². The van der Waals surface area contributed by atoms with Gasteiger partial charge in [-0.15, -0.1) is 0 Å². The quantitative estimate of drug-likeness (QED) is 0.641. The van der Waals surface area contributed by atoms with E-state index in [1.165, 1.54) is 12.1 Å². The van der Waals surface area contributed by atoms with Crippen LogP contribution in [0.3, 0.4) is 0 Å². The third kappa shape index (κ3) is 2.96. The van der Waals surface area contributed by atoms with Crippen molar-refractivity contribution in [2.75, 3.05) is 5.73 Å². The summed E-state index contributed by atoms with van der Waals surface area (Å²) in [7, 11) is 0. The largest absolute Gasteiger partial charge is 0.439 e. The van der Waals surface area contributed by atoms with Crippen molar-refractivity contribution in [2.24, 2.45) is 0 Å². The van der Waals surface area contributed by atoms with Gasteiger partial charge in [-0.2, -0.15) is 4.98 Å². The van der Waals surface area contributed by atoms with E-state index in [0.29, 0.717) is 5.75 Å². The molecule has 0 spiro atoms. The maximum absolute atomic E-state index is 10.6. The Morgan fingerprint density at radius 2 is 1.95 bits per heavy atom. The van der Waals surface area contributed by atoms with Gasteiger partial charge >= 0.3 is 5.69 Å². The normalized spacial score (nSPS) is 10.2. The molecule has 98 valence electrons. The molecule has 0 saturated carbocycles. The van der Waals surface area contributed by atoms with Crippen LogP contribution in [-0.2, 0) is 6.61 Å². The zero-order valence-corrected chi connectivity index (χ0v) is 9.81. The van der Waals surface area contributed by atoms with Crippen molar-refractivity contribution in [3.05, 3.63) is 52.1 Å². The van der Waals surface area contributed by atoms with Crippen molar-refractivity contribution in [1.82, 2.24) is 4.98 Å². The molecule has 7 heteroatoms. The number of nitro groups is 1. The van der Waals surface area contributed by atoms with Crippen molar-refractivity contribution in [2.45, 2.75) is 6.61 Å². The average Bonchev–Trinajstić information content (AvgIpc) is 2.39. The molecule has 0 bridgehead atoms. The Hall–Kier alpha value is -2.67. The van der Waals surface area contributed by atoms with Crippen LogP contribution in [-0.4, -0.2) is 15.0 Å². The summed E-state index contributed by atoms with van der Waals surface area (Å²) in [5, 5.41) is 19.5. The van der Waals surface area contributed by atoms with Gasteiger partial charge in [0.1, 0.15) is 5.75 Å². The van der Waals surface area contributed by atoms with Crippen LogP contribution >= 0.6 is 0 Å². The fourth-order valence-corrected chi connectivity index (χ4v) is 1.44. The maximum atomic E-state index is 10.6. The smallest absolute Gasteiger partial charge is 0.311 e. The van der Waals surface area contributed by atoms with Gasteiger partial charge in [-0.25, -0.2) is 0 Å². The number of hydrogen-bond donors (Lipinski definition) is 2. The van der Waals surface area contributed by atoms with Crippen molar-refractivity contribution in [3.8, 4) is 11.6 Å². The van der Waals surface area contributed by atoms with Crippen LogP contribution in [0.2, 0.25) is 0 Å². The molecule has 0 atom stereocenters. The fourth-order valence-electron chi connectivity index (χ4n) is 1.44. The van der Waals surface area contributed by atoms with Gasteiger partial charge in [0.05, 0.1) is 11.5 Å². The Bertz CT molecular complexity index is 598. The lowest BCUT2D eigenvalue weighted by molar-refractivity contribution is -0.384. The van der Waals surface area contributed by atoms with Crippen LogP contribution in [0.1, 0.15) is 5.56 Å². The van der Waals surface area contributed by atoms with Crippen LogP contribution in [0.15, 0.2) is 36.4 Å². The molecule has 1 aromatic heterocycles. The first-order chi connectivity index (χ1) is 9.10. The van der Waals surface area contributed by atoms with Crippen LogP contribution in [0, 0.1) is 10.1 Å². The molecule has 2 rings (SSSR count). The monoisotopic (exact) mass is 261 g/mol. The van der Waals surface area contributed by atoms with Gasteiger partial charge in [0.15, 0.2) is 0 Å². The molecule has 7 nitrogen and oxygen atoms in total. The van der Waals surface area contributed by atoms with E-state index in [1.807, 2.05) is 0 Å². The first-order valence-corrected chi connectivity index (χ1v) is 5.38. The third-order valence-corrected chi connectivity index (χ3v) is 2.40. The van der Waals surface area contributed by atoms with Gasteiger partial charge in [0.2, 0.25) is 11.7 Å². The number of hydrogen-bond acceptors (Lipinski definition) is 6. The molecular weight excluding hydrogens is 250 g/mol. The molecule has 3 N–H and O–H groups in total. The Kier molecular flexibility index (Phi) is 3.58. The molecule has 0 unspecified atom stereocenters. The maximum Gasteiger partial charge on any atom is 0.311 e. The molecule has 0 amide bonds. The summed E-state index contributed by atoms with van der Waals surface area (Å²) >= 11 is 0. The second-order valence-corrected chi connectivity index (χ2v) is 3.72. The van der Waals surface area contributed by atoms with Gasteiger partial charge < -0.3 is 15.6 Å². The first-order valence-electron chi connectivity index (χ1n) is 5.38. The number of benzene rings is 1. The summed E-state index contributed by atoms with van der Waals surface area (Å²) in [6.45, 7) is -0.0526. The molecule has 0 radical (unpaired) electrons. The Morgan fingerprint density at radius 3 is 2.47 bits per heavy atom. The third-order valence-electron chi connectivity index (χ3n) is 2.40. The van der Waals surface area contributed by atoms with E-state index in [0.717, 1.165) is 5.56 Å². The number of nitrogens with zero attached hydrogens (tertiary/aromatic N) is 2.